The fourth-order valence-electron chi connectivity index (χ4n) is 2.91. The summed E-state index contributed by atoms with van der Waals surface area (Å²) in [6, 6.07) is 3.88. The third-order valence-electron chi connectivity index (χ3n) is 4.14. The Hall–Kier alpha value is -2.02. The van der Waals surface area contributed by atoms with Gasteiger partial charge in [-0.2, -0.15) is 0 Å². The van der Waals surface area contributed by atoms with Crippen molar-refractivity contribution in [2.45, 2.75) is 33.1 Å². The molecule has 0 saturated carbocycles. The highest BCUT2D eigenvalue weighted by atomic mass is 16.6. The number of hydrogen-bond donors (Lipinski definition) is 1. The van der Waals surface area contributed by atoms with Gasteiger partial charge in [0.2, 0.25) is 0 Å². The molecule has 1 heterocycles. The second kappa shape index (κ2) is 8.19. The molecule has 0 aliphatic carbocycles. The van der Waals surface area contributed by atoms with E-state index in [2.05, 4.69) is 12.1 Å². The average Bonchev–Trinajstić information content (AvgIpc) is 2.70. The number of nitrogens with zero attached hydrogens (tertiary/aromatic N) is 2. The minimum absolute atomic E-state index is 0.184. The van der Waals surface area contributed by atoms with Gasteiger partial charge in [0, 0.05) is 5.56 Å². The first kappa shape index (κ1) is 18.3. The minimum atomic E-state index is -0.432. The zero-order chi connectivity index (χ0) is 17.7. The molecule has 1 aliphatic heterocycles. The zero-order valence-corrected chi connectivity index (χ0v) is 14.4. The molecule has 1 aliphatic rings. The molecule has 0 spiro atoms. The maximum Gasteiger partial charge on any atom is 0.344 e. The van der Waals surface area contributed by atoms with E-state index in [9.17, 15) is 4.79 Å². The molecule has 24 heavy (non-hydrogen) atoms. The molecule has 1 N–H and O–H groups in total. The number of fused-ring (bicyclic) bond motifs is 1. The van der Waals surface area contributed by atoms with Gasteiger partial charge in [0.1, 0.15) is 5.75 Å². The van der Waals surface area contributed by atoms with E-state index in [0.717, 1.165) is 30.6 Å². The second-order valence-corrected chi connectivity index (χ2v) is 5.97. The van der Waals surface area contributed by atoms with Crippen LogP contribution in [0.15, 0.2) is 17.3 Å². The number of esters is 1. The topological polar surface area (TPSA) is 71.4 Å². The van der Waals surface area contributed by atoms with Crippen LogP contribution in [0.1, 0.15) is 43.4 Å². The van der Waals surface area contributed by atoms with Gasteiger partial charge in [-0.15, -0.1) is 0 Å². The van der Waals surface area contributed by atoms with Crippen molar-refractivity contribution < 1.29 is 19.5 Å². The Labute approximate surface area is 143 Å². The Morgan fingerprint density at radius 3 is 2.92 bits per heavy atom. The van der Waals surface area contributed by atoms with Crippen molar-refractivity contribution in [2.75, 3.05) is 26.3 Å². The summed E-state index contributed by atoms with van der Waals surface area (Å²) in [7, 11) is 5.98. The maximum absolute atomic E-state index is 11.6. The van der Waals surface area contributed by atoms with Crippen LogP contribution >= 0.6 is 0 Å². The number of ether oxygens (including phenoxy) is 2. The molecule has 0 fully saturated rings. The average molecular weight is 330 g/mol. The summed E-state index contributed by atoms with van der Waals surface area (Å²) in [4.78, 5) is 13.4. The molecular weight excluding hydrogens is 307 g/mol. The molecule has 7 heteroatoms. The monoisotopic (exact) mass is 330 g/mol. The van der Waals surface area contributed by atoms with Crippen LogP contribution in [-0.2, 0) is 16.0 Å². The highest BCUT2D eigenvalue weighted by Gasteiger charge is 2.21. The van der Waals surface area contributed by atoms with Crippen LogP contribution in [0, 0.1) is 0 Å². The van der Waals surface area contributed by atoms with Crippen molar-refractivity contribution in [1.82, 2.24) is 4.81 Å². The summed E-state index contributed by atoms with van der Waals surface area (Å²) < 4.78 is 10.5. The SMILES string of the molecule is [B]N1CCc2cc(OCC(=O)OCC)c(/C(C)=N/O)cc2C(C)C1. The van der Waals surface area contributed by atoms with Crippen LogP contribution in [0.3, 0.4) is 0 Å². The highest BCUT2D eigenvalue weighted by molar-refractivity contribution is 6.04. The van der Waals surface area contributed by atoms with Crippen molar-refractivity contribution in [3.8, 4) is 5.75 Å². The van der Waals surface area contributed by atoms with Crippen molar-refractivity contribution in [1.29, 1.82) is 0 Å². The summed E-state index contributed by atoms with van der Waals surface area (Å²) in [6.45, 7) is 7.17. The number of carbonyl (C=O) groups excluding carboxylic acids is 1. The van der Waals surface area contributed by atoms with E-state index < -0.39 is 5.97 Å². The fraction of sp³-hybridized carbons (Fsp3) is 0.529. The Morgan fingerprint density at radius 1 is 1.50 bits per heavy atom. The van der Waals surface area contributed by atoms with Crippen molar-refractivity contribution >= 4 is 19.7 Å². The van der Waals surface area contributed by atoms with Crippen LogP contribution in [0.25, 0.3) is 0 Å². The smallest absolute Gasteiger partial charge is 0.344 e. The summed E-state index contributed by atoms with van der Waals surface area (Å²) in [5.41, 5.74) is 3.38. The minimum Gasteiger partial charge on any atom is -0.481 e. The number of oxime groups is 1. The van der Waals surface area contributed by atoms with Crippen LogP contribution < -0.4 is 4.74 Å². The Kier molecular flexibility index (Phi) is 6.26. The molecule has 0 aromatic heterocycles. The van der Waals surface area contributed by atoms with Gasteiger partial charge in [-0.3, -0.25) is 0 Å². The lowest BCUT2D eigenvalue weighted by Crippen LogP contribution is -2.24. The lowest BCUT2D eigenvalue weighted by molar-refractivity contribution is -0.145. The normalized spacial score (nSPS) is 18.6. The van der Waals surface area contributed by atoms with Gasteiger partial charge in [0.05, 0.1) is 12.3 Å². The standard InChI is InChI=1S/C17H23BN2O4/c1-4-23-17(21)10-24-16-7-13-5-6-20(18)9-11(2)14(13)8-15(16)12(3)19-22/h7-8,11,22H,4-6,9-10H2,1-3H3/b19-12+. The van der Waals surface area contributed by atoms with Gasteiger partial charge in [0.15, 0.2) is 14.6 Å². The Bertz CT molecular complexity index is 633. The molecule has 6 nitrogen and oxygen atoms in total. The van der Waals surface area contributed by atoms with E-state index in [1.807, 2.05) is 12.1 Å². The van der Waals surface area contributed by atoms with Gasteiger partial charge >= 0.3 is 5.97 Å². The first-order chi connectivity index (χ1) is 11.5. The quantitative estimate of drug-likeness (QED) is 0.293. The predicted octanol–water partition coefficient (Wildman–Crippen LogP) is 1.87. The molecule has 0 amide bonds. The number of carbonyl (C=O) groups is 1. The number of rotatable bonds is 5. The maximum atomic E-state index is 11.6. The van der Waals surface area contributed by atoms with Crippen molar-refractivity contribution in [3.05, 3.63) is 28.8 Å². The molecule has 0 saturated heterocycles. The van der Waals surface area contributed by atoms with Crippen molar-refractivity contribution in [3.63, 3.8) is 0 Å². The van der Waals surface area contributed by atoms with Gasteiger partial charge in [0.25, 0.3) is 0 Å². The zero-order valence-electron chi connectivity index (χ0n) is 14.4. The molecule has 0 bridgehead atoms. The van der Waals surface area contributed by atoms with Crippen LogP contribution in [-0.4, -0.2) is 56.0 Å². The number of benzene rings is 1. The lowest BCUT2D eigenvalue weighted by Gasteiger charge is -2.19. The van der Waals surface area contributed by atoms with Crippen LogP contribution in [0.2, 0.25) is 0 Å². The molecule has 1 unspecified atom stereocenters. The van der Waals surface area contributed by atoms with E-state index in [1.165, 1.54) is 0 Å². The molecule has 1 atom stereocenters. The lowest BCUT2D eigenvalue weighted by atomic mass is 9.91. The number of hydrogen-bond acceptors (Lipinski definition) is 6. The highest BCUT2D eigenvalue weighted by Crippen LogP contribution is 2.32. The Balaban J connectivity index is 2.37. The van der Waals surface area contributed by atoms with E-state index >= 15 is 0 Å². The first-order valence-electron chi connectivity index (χ1n) is 8.10. The predicted molar refractivity (Wildman–Crippen MR) is 92.0 cm³/mol. The van der Waals surface area contributed by atoms with Crippen LogP contribution in [0.5, 0.6) is 5.75 Å². The van der Waals surface area contributed by atoms with E-state index in [-0.39, 0.29) is 12.5 Å². The van der Waals surface area contributed by atoms with Gasteiger partial charge < -0.3 is 19.5 Å². The molecular formula is C17H23BN2O4. The van der Waals surface area contributed by atoms with Gasteiger partial charge in [-0.25, -0.2) is 4.79 Å². The summed E-state index contributed by atoms with van der Waals surface area (Å²) >= 11 is 0. The van der Waals surface area contributed by atoms with E-state index in [0.29, 0.717) is 23.6 Å². The second-order valence-electron chi connectivity index (χ2n) is 5.97. The molecule has 1 aromatic rings. The molecule has 128 valence electrons. The van der Waals surface area contributed by atoms with E-state index in [1.54, 1.807) is 18.7 Å². The molecule has 2 rings (SSSR count). The van der Waals surface area contributed by atoms with Gasteiger partial charge in [-0.1, -0.05) is 12.1 Å². The van der Waals surface area contributed by atoms with Crippen LogP contribution in [0.4, 0.5) is 0 Å². The van der Waals surface area contributed by atoms with Gasteiger partial charge in [-0.05, 0) is 62.5 Å². The summed E-state index contributed by atoms with van der Waals surface area (Å²) in [6.07, 6.45) is 0.793. The largest absolute Gasteiger partial charge is 0.481 e. The molecule has 2 radical (unpaired) electrons. The first-order valence-corrected chi connectivity index (χ1v) is 8.10. The molecule has 1 aromatic carbocycles. The summed E-state index contributed by atoms with van der Waals surface area (Å²) in [5.74, 6) is 0.324. The Morgan fingerprint density at radius 2 is 2.25 bits per heavy atom. The van der Waals surface area contributed by atoms with Crippen molar-refractivity contribution in [2.24, 2.45) is 5.16 Å². The fourth-order valence-corrected chi connectivity index (χ4v) is 2.91. The summed E-state index contributed by atoms with van der Waals surface area (Å²) in [5, 5.41) is 12.4. The van der Waals surface area contributed by atoms with E-state index in [4.69, 9.17) is 22.7 Å². The third-order valence-corrected chi connectivity index (χ3v) is 4.14. The third kappa shape index (κ3) is 4.29.